The lowest BCUT2D eigenvalue weighted by Gasteiger charge is -2.38. The molecule has 3 aliphatic heterocycles. The van der Waals surface area contributed by atoms with E-state index in [1.54, 1.807) is 4.31 Å². The van der Waals surface area contributed by atoms with Crippen molar-refractivity contribution in [1.82, 2.24) is 9.21 Å². The summed E-state index contributed by atoms with van der Waals surface area (Å²) < 4.78 is 64.3. The van der Waals surface area contributed by atoms with Crippen LogP contribution >= 0.6 is 0 Å². The SMILES string of the molecule is NC1CC2CCC(C1)N2S(=O)(=O)CC1CCN(CCCC(F)(F)F)CC1. The number of rotatable bonds is 6. The summed E-state index contributed by atoms with van der Waals surface area (Å²) in [7, 11) is -3.29. The van der Waals surface area contributed by atoms with Crippen LogP contribution in [0.3, 0.4) is 0 Å². The maximum atomic E-state index is 12.9. The average molecular weight is 398 g/mol. The van der Waals surface area contributed by atoms with E-state index in [0.717, 1.165) is 38.5 Å². The maximum absolute atomic E-state index is 12.9. The van der Waals surface area contributed by atoms with Gasteiger partial charge >= 0.3 is 6.18 Å². The van der Waals surface area contributed by atoms with E-state index in [9.17, 15) is 21.6 Å². The van der Waals surface area contributed by atoms with Gasteiger partial charge in [-0.1, -0.05) is 0 Å². The summed E-state index contributed by atoms with van der Waals surface area (Å²) in [5, 5.41) is 0. The predicted molar refractivity (Wildman–Crippen MR) is 94.1 cm³/mol. The van der Waals surface area contributed by atoms with Crippen LogP contribution in [0.4, 0.5) is 13.2 Å². The Morgan fingerprint density at radius 3 is 2.12 bits per heavy atom. The normalized spacial score (nSPS) is 32.2. The van der Waals surface area contributed by atoms with Gasteiger partial charge in [-0.3, -0.25) is 0 Å². The van der Waals surface area contributed by atoms with Gasteiger partial charge in [-0.15, -0.1) is 0 Å². The van der Waals surface area contributed by atoms with E-state index in [1.807, 2.05) is 4.90 Å². The monoisotopic (exact) mass is 397 g/mol. The zero-order chi connectivity index (χ0) is 18.9. The van der Waals surface area contributed by atoms with Crippen molar-refractivity contribution >= 4 is 10.0 Å². The third-order valence-corrected chi connectivity index (χ3v) is 8.24. The van der Waals surface area contributed by atoms with Crippen LogP contribution in [0.15, 0.2) is 0 Å². The number of fused-ring (bicyclic) bond motifs is 2. The minimum absolute atomic E-state index is 0.0659. The molecule has 2 unspecified atom stereocenters. The van der Waals surface area contributed by atoms with Crippen molar-refractivity contribution in [2.75, 3.05) is 25.4 Å². The summed E-state index contributed by atoms with van der Waals surface area (Å²) in [5.74, 6) is 0.278. The molecule has 0 spiro atoms. The molecule has 0 saturated carbocycles. The minimum Gasteiger partial charge on any atom is -0.328 e. The first-order valence-corrected chi connectivity index (χ1v) is 11.3. The molecule has 0 radical (unpaired) electrons. The fraction of sp³-hybridized carbons (Fsp3) is 1.00. The number of nitrogens with two attached hydrogens (primary N) is 1. The average Bonchev–Trinajstić information content (AvgIpc) is 2.81. The van der Waals surface area contributed by atoms with Crippen LogP contribution in [0.25, 0.3) is 0 Å². The van der Waals surface area contributed by atoms with Gasteiger partial charge in [0, 0.05) is 24.5 Å². The lowest BCUT2D eigenvalue weighted by Crippen LogP contribution is -2.51. The van der Waals surface area contributed by atoms with E-state index in [1.165, 1.54) is 0 Å². The summed E-state index contributed by atoms with van der Waals surface area (Å²) in [5.41, 5.74) is 6.03. The van der Waals surface area contributed by atoms with E-state index < -0.39 is 22.6 Å². The molecular formula is C17H30F3N3O2S. The molecule has 2 N–H and O–H groups in total. The Bertz CT molecular complexity index is 562. The molecule has 2 bridgehead atoms. The quantitative estimate of drug-likeness (QED) is 0.747. The number of piperidine rings is 2. The maximum Gasteiger partial charge on any atom is 0.389 e. The summed E-state index contributed by atoms with van der Waals surface area (Å²) in [4.78, 5) is 2.03. The lowest BCUT2D eigenvalue weighted by molar-refractivity contribution is -0.136. The van der Waals surface area contributed by atoms with Crippen molar-refractivity contribution in [3.63, 3.8) is 0 Å². The zero-order valence-electron chi connectivity index (χ0n) is 15.1. The minimum atomic E-state index is -4.09. The molecule has 0 aromatic carbocycles. The highest BCUT2D eigenvalue weighted by atomic mass is 32.2. The summed E-state index contributed by atoms with van der Waals surface area (Å²) in [6.07, 6.45) is 0.0981. The Morgan fingerprint density at radius 1 is 1.00 bits per heavy atom. The van der Waals surface area contributed by atoms with E-state index >= 15 is 0 Å². The van der Waals surface area contributed by atoms with E-state index in [0.29, 0.717) is 19.6 Å². The number of sulfonamides is 1. The molecule has 3 heterocycles. The molecule has 2 atom stereocenters. The van der Waals surface area contributed by atoms with E-state index in [4.69, 9.17) is 5.73 Å². The van der Waals surface area contributed by atoms with Gasteiger partial charge in [0.15, 0.2) is 0 Å². The molecule has 0 aliphatic carbocycles. The van der Waals surface area contributed by atoms with Crippen molar-refractivity contribution in [3.8, 4) is 0 Å². The molecule has 3 rings (SSSR count). The van der Waals surface area contributed by atoms with Gasteiger partial charge in [-0.05, 0) is 70.5 Å². The van der Waals surface area contributed by atoms with Gasteiger partial charge in [-0.25, -0.2) is 8.42 Å². The Labute approximate surface area is 154 Å². The van der Waals surface area contributed by atoms with Crippen LogP contribution in [-0.4, -0.2) is 67.3 Å². The van der Waals surface area contributed by atoms with Crippen molar-refractivity contribution in [1.29, 1.82) is 0 Å². The summed E-state index contributed by atoms with van der Waals surface area (Å²) in [6, 6.07) is 0.242. The highest BCUT2D eigenvalue weighted by molar-refractivity contribution is 7.89. The second kappa shape index (κ2) is 7.93. The second-order valence-electron chi connectivity index (χ2n) is 8.23. The van der Waals surface area contributed by atoms with Crippen LogP contribution in [-0.2, 0) is 10.0 Å². The Balaban J connectivity index is 1.45. The smallest absolute Gasteiger partial charge is 0.328 e. The summed E-state index contributed by atoms with van der Waals surface area (Å²) >= 11 is 0. The standard InChI is InChI=1S/C17H30F3N3O2S/c18-17(19,20)6-1-7-22-8-4-13(5-9-22)12-26(24,25)23-15-2-3-16(23)11-14(21)10-15/h13-16H,1-12,21H2. The molecule has 5 nitrogen and oxygen atoms in total. The molecule has 3 saturated heterocycles. The largest absolute Gasteiger partial charge is 0.389 e. The first-order valence-electron chi connectivity index (χ1n) is 9.70. The molecular weight excluding hydrogens is 367 g/mol. The second-order valence-corrected chi connectivity index (χ2v) is 10.1. The van der Waals surface area contributed by atoms with Gasteiger partial charge in [0.2, 0.25) is 10.0 Å². The molecule has 152 valence electrons. The number of alkyl halides is 3. The number of hydrogen-bond donors (Lipinski definition) is 1. The highest BCUT2D eigenvalue weighted by Gasteiger charge is 2.46. The van der Waals surface area contributed by atoms with E-state index in [-0.39, 0.29) is 36.2 Å². The van der Waals surface area contributed by atoms with Gasteiger partial charge in [0.05, 0.1) is 5.75 Å². The van der Waals surface area contributed by atoms with Crippen molar-refractivity contribution in [2.24, 2.45) is 11.7 Å². The Morgan fingerprint density at radius 2 is 1.58 bits per heavy atom. The van der Waals surface area contributed by atoms with Crippen LogP contribution in [0.2, 0.25) is 0 Å². The highest BCUT2D eigenvalue weighted by Crippen LogP contribution is 2.38. The van der Waals surface area contributed by atoms with Gasteiger partial charge in [0.25, 0.3) is 0 Å². The first kappa shape index (κ1) is 20.4. The molecule has 0 amide bonds. The third kappa shape index (κ3) is 5.11. The number of likely N-dealkylation sites (tertiary alicyclic amines) is 1. The fourth-order valence-corrected chi connectivity index (χ4v) is 7.29. The van der Waals surface area contributed by atoms with Crippen LogP contribution in [0.5, 0.6) is 0 Å². The molecule has 3 aliphatic rings. The fourth-order valence-electron chi connectivity index (χ4n) is 4.89. The number of hydrogen-bond acceptors (Lipinski definition) is 4. The molecule has 0 aromatic rings. The van der Waals surface area contributed by atoms with Crippen LogP contribution in [0.1, 0.15) is 51.4 Å². The van der Waals surface area contributed by atoms with Crippen molar-refractivity contribution < 1.29 is 21.6 Å². The van der Waals surface area contributed by atoms with Gasteiger partial charge in [-0.2, -0.15) is 17.5 Å². The molecule has 9 heteroatoms. The predicted octanol–water partition coefficient (Wildman–Crippen LogP) is 2.32. The molecule has 0 aromatic heterocycles. The van der Waals surface area contributed by atoms with Crippen molar-refractivity contribution in [3.05, 3.63) is 0 Å². The third-order valence-electron chi connectivity index (χ3n) is 6.11. The Kier molecular flexibility index (Phi) is 6.21. The number of nitrogens with zero attached hydrogens (tertiary/aromatic N) is 2. The lowest BCUT2D eigenvalue weighted by atomic mass is 9.99. The topological polar surface area (TPSA) is 66.6 Å². The first-order chi connectivity index (χ1) is 12.1. The summed E-state index contributed by atoms with van der Waals surface area (Å²) in [6.45, 7) is 1.82. The van der Waals surface area contributed by atoms with Gasteiger partial charge < -0.3 is 10.6 Å². The van der Waals surface area contributed by atoms with Crippen molar-refractivity contribution in [2.45, 2.75) is 75.7 Å². The zero-order valence-corrected chi connectivity index (χ0v) is 15.9. The van der Waals surface area contributed by atoms with Crippen LogP contribution in [0, 0.1) is 5.92 Å². The van der Waals surface area contributed by atoms with Gasteiger partial charge in [0.1, 0.15) is 0 Å². The van der Waals surface area contributed by atoms with Crippen LogP contribution < -0.4 is 5.73 Å². The number of halogens is 3. The molecule has 3 fully saturated rings. The van der Waals surface area contributed by atoms with E-state index in [2.05, 4.69) is 0 Å². The Hall–Kier alpha value is -0.380. The molecule has 26 heavy (non-hydrogen) atoms.